The van der Waals surface area contributed by atoms with Crippen LogP contribution in [0.15, 0.2) is 72.6 Å². The van der Waals surface area contributed by atoms with E-state index in [4.69, 9.17) is 11.6 Å². The molecule has 5 nitrogen and oxygen atoms in total. The first-order valence-corrected chi connectivity index (χ1v) is 11.1. The largest absolute Gasteiger partial charge is 0.507 e. The van der Waals surface area contributed by atoms with Gasteiger partial charge >= 0.3 is 0 Å². The van der Waals surface area contributed by atoms with E-state index in [-0.39, 0.29) is 16.7 Å². The number of pyridine rings is 1. The zero-order valence-corrected chi connectivity index (χ0v) is 19.7. The summed E-state index contributed by atoms with van der Waals surface area (Å²) in [5, 5.41) is 12.0. The van der Waals surface area contributed by atoms with Gasteiger partial charge in [-0.05, 0) is 71.5 Å². The molecule has 3 aromatic rings. The number of halogens is 1. The minimum atomic E-state index is -0.799. The third-order valence-electron chi connectivity index (χ3n) is 5.93. The van der Waals surface area contributed by atoms with Crippen LogP contribution in [0, 0.1) is 6.92 Å². The van der Waals surface area contributed by atoms with Crippen molar-refractivity contribution in [3.63, 3.8) is 0 Å². The molecule has 1 N–H and O–H groups in total. The van der Waals surface area contributed by atoms with Gasteiger partial charge < -0.3 is 5.11 Å². The van der Waals surface area contributed by atoms with Crippen LogP contribution in [-0.4, -0.2) is 21.8 Å². The maximum Gasteiger partial charge on any atom is 0.300 e. The Morgan fingerprint density at radius 1 is 1.00 bits per heavy atom. The molecule has 168 valence electrons. The first kappa shape index (κ1) is 22.7. The number of carbonyl (C=O) groups is 2. The number of hydrogen-bond acceptors (Lipinski definition) is 4. The number of anilines is 1. The van der Waals surface area contributed by atoms with Crippen molar-refractivity contribution in [2.45, 2.75) is 39.2 Å². The van der Waals surface area contributed by atoms with Crippen LogP contribution in [0.2, 0.25) is 5.02 Å². The Morgan fingerprint density at radius 3 is 2.24 bits per heavy atom. The number of amides is 1. The van der Waals surface area contributed by atoms with E-state index in [1.165, 1.54) is 4.90 Å². The van der Waals surface area contributed by atoms with Gasteiger partial charge in [-0.25, -0.2) is 0 Å². The number of benzene rings is 2. The smallest absolute Gasteiger partial charge is 0.300 e. The lowest BCUT2D eigenvalue weighted by Crippen LogP contribution is -2.29. The van der Waals surface area contributed by atoms with Crippen molar-refractivity contribution in [2.75, 3.05) is 4.90 Å². The summed E-state index contributed by atoms with van der Waals surface area (Å²) >= 11 is 6.04. The van der Waals surface area contributed by atoms with Crippen LogP contribution in [0.4, 0.5) is 5.69 Å². The SMILES string of the molecule is Cc1ccc(C(C)(C)C)cc1/C(O)=C1\C(=O)C(=O)N(c2ccc(Cl)cc2)C1c1ccncc1. The van der Waals surface area contributed by atoms with Crippen LogP contribution in [0.3, 0.4) is 0 Å². The average molecular weight is 461 g/mol. The molecule has 4 rings (SSSR count). The molecule has 2 aromatic carbocycles. The van der Waals surface area contributed by atoms with Gasteiger partial charge in [0.05, 0.1) is 11.6 Å². The van der Waals surface area contributed by atoms with E-state index in [2.05, 4.69) is 25.8 Å². The summed E-state index contributed by atoms with van der Waals surface area (Å²) in [6, 6.07) is 15.2. The average Bonchev–Trinajstić information content (AvgIpc) is 3.05. The van der Waals surface area contributed by atoms with E-state index < -0.39 is 17.7 Å². The fourth-order valence-electron chi connectivity index (χ4n) is 4.05. The van der Waals surface area contributed by atoms with E-state index in [1.807, 2.05) is 25.1 Å². The summed E-state index contributed by atoms with van der Waals surface area (Å²) < 4.78 is 0. The summed E-state index contributed by atoms with van der Waals surface area (Å²) in [4.78, 5) is 32.0. The normalized spacial score (nSPS) is 18.1. The van der Waals surface area contributed by atoms with E-state index in [1.54, 1.807) is 48.8 Å². The summed E-state index contributed by atoms with van der Waals surface area (Å²) in [5.74, 6) is -1.62. The molecule has 1 aliphatic heterocycles. The highest BCUT2D eigenvalue weighted by atomic mass is 35.5. The number of nitrogens with zero attached hydrogens (tertiary/aromatic N) is 2. The second kappa shape index (κ2) is 8.49. The molecule has 33 heavy (non-hydrogen) atoms. The standard InChI is InChI=1S/C27H25ClN2O3/c1-16-5-6-18(27(2,3)4)15-21(16)24(31)22-23(17-11-13-29-14-12-17)30(26(33)25(22)32)20-9-7-19(28)8-10-20/h5-15,23,31H,1-4H3/b24-22+. The van der Waals surface area contributed by atoms with Crippen molar-refractivity contribution in [1.82, 2.24) is 4.98 Å². The lowest BCUT2D eigenvalue weighted by atomic mass is 9.84. The van der Waals surface area contributed by atoms with Gasteiger partial charge in [0.1, 0.15) is 5.76 Å². The van der Waals surface area contributed by atoms with E-state index in [0.717, 1.165) is 11.1 Å². The van der Waals surface area contributed by atoms with Crippen LogP contribution in [-0.2, 0) is 15.0 Å². The lowest BCUT2D eigenvalue weighted by Gasteiger charge is -2.26. The molecular formula is C27H25ClN2O3. The van der Waals surface area contributed by atoms with Gasteiger partial charge in [-0.1, -0.05) is 44.5 Å². The molecule has 1 saturated heterocycles. The monoisotopic (exact) mass is 460 g/mol. The second-order valence-corrected chi connectivity index (χ2v) is 9.64. The molecule has 1 unspecified atom stereocenters. The van der Waals surface area contributed by atoms with Crippen molar-refractivity contribution in [3.05, 3.63) is 99.8 Å². The first-order valence-electron chi connectivity index (χ1n) is 10.7. The number of aromatic nitrogens is 1. The van der Waals surface area contributed by atoms with Gasteiger partial charge in [0.25, 0.3) is 11.7 Å². The fourth-order valence-corrected chi connectivity index (χ4v) is 4.18. The molecule has 0 spiro atoms. The van der Waals surface area contributed by atoms with Gasteiger partial charge in [-0.3, -0.25) is 19.5 Å². The molecule has 0 saturated carbocycles. The second-order valence-electron chi connectivity index (χ2n) is 9.21. The third kappa shape index (κ3) is 4.16. The molecule has 0 aliphatic carbocycles. The predicted octanol–water partition coefficient (Wildman–Crippen LogP) is 5.97. The number of aliphatic hydroxyl groups is 1. The van der Waals surface area contributed by atoms with Crippen LogP contribution in [0.25, 0.3) is 5.76 Å². The molecule has 1 aliphatic rings. The Bertz CT molecular complexity index is 1260. The molecule has 1 aromatic heterocycles. The number of aryl methyl sites for hydroxylation is 1. The maximum atomic E-state index is 13.3. The Balaban J connectivity index is 1.96. The molecule has 6 heteroatoms. The first-order chi connectivity index (χ1) is 15.6. The van der Waals surface area contributed by atoms with Gasteiger partial charge in [0.15, 0.2) is 0 Å². The number of ketones is 1. The topological polar surface area (TPSA) is 70.5 Å². The fraction of sp³-hybridized carbons (Fsp3) is 0.222. The zero-order valence-electron chi connectivity index (χ0n) is 19.0. The number of rotatable bonds is 3. The van der Waals surface area contributed by atoms with Crippen molar-refractivity contribution < 1.29 is 14.7 Å². The van der Waals surface area contributed by atoms with Crippen molar-refractivity contribution in [1.29, 1.82) is 0 Å². The van der Waals surface area contributed by atoms with Crippen molar-refractivity contribution >= 4 is 34.7 Å². The number of Topliss-reactive ketones (excluding diaryl/α,β-unsaturated/α-hetero) is 1. The van der Waals surface area contributed by atoms with Gasteiger partial charge in [0, 0.05) is 28.7 Å². The maximum absolute atomic E-state index is 13.3. The van der Waals surface area contributed by atoms with Crippen molar-refractivity contribution in [2.24, 2.45) is 0 Å². The molecule has 0 bridgehead atoms. The molecule has 1 atom stereocenters. The Hall–Kier alpha value is -3.44. The van der Waals surface area contributed by atoms with Crippen LogP contribution in [0.1, 0.15) is 49.1 Å². The lowest BCUT2D eigenvalue weighted by molar-refractivity contribution is -0.132. The molecular weight excluding hydrogens is 436 g/mol. The molecule has 1 amide bonds. The van der Waals surface area contributed by atoms with Crippen LogP contribution < -0.4 is 4.90 Å². The van der Waals surface area contributed by atoms with Gasteiger partial charge in [-0.15, -0.1) is 0 Å². The summed E-state index contributed by atoms with van der Waals surface area (Å²) in [7, 11) is 0. The highest BCUT2D eigenvalue weighted by Crippen LogP contribution is 2.43. The van der Waals surface area contributed by atoms with E-state index in [0.29, 0.717) is 21.8 Å². The van der Waals surface area contributed by atoms with Crippen LogP contribution in [0.5, 0.6) is 0 Å². The number of aliphatic hydroxyl groups excluding tert-OH is 1. The highest BCUT2D eigenvalue weighted by Gasteiger charge is 2.47. The molecule has 1 fully saturated rings. The number of carbonyl (C=O) groups excluding carboxylic acids is 2. The summed E-state index contributed by atoms with van der Waals surface area (Å²) in [6.45, 7) is 8.12. The highest BCUT2D eigenvalue weighted by molar-refractivity contribution is 6.51. The molecule has 2 heterocycles. The summed E-state index contributed by atoms with van der Waals surface area (Å²) in [6.07, 6.45) is 3.20. The van der Waals surface area contributed by atoms with E-state index in [9.17, 15) is 14.7 Å². The van der Waals surface area contributed by atoms with E-state index >= 15 is 0 Å². The van der Waals surface area contributed by atoms with Gasteiger partial charge in [-0.2, -0.15) is 0 Å². The predicted molar refractivity (Wildman–Crippen MR) is 130 cm³/mol. The van der Waals surface area contributed by atoms with Crippen molar-refractivity contribution in [3.8, 4) is 0 Å². The number of hydrogen-bond donors (Lipinski definition) is 1. The Labute approximate surface area is 198 Å². The molecule has 0 radical (unpaired) electrons. The minimum absolute atomic E-state index is 0.0512. The third-order valence-corrected chi connectivity index (χ3v) is 6.18. The van der Waals surface area contributed by atoms with Crippen LogP contribution >= 0.6 is 11.6 Å². The minimum Gasteiger partial charge on any atom is -0.507 e. The Morgan fingerprint density at radius 2 is 1.64 bits per heavy atom. The Kier molecular flexibility index (Phi) is 5.85. The quantitative estimate of drug-likeness (QED) is 0.297. The summed E-state index contributed by atoms with van der Waals surface area (Å²) in [5.41, 5.74) is 3.45. The van der Waals surface area contributed by atoms with Gasteiger partial charge in [0.2, 0.25) is 0 Å². The zero-order chi connectivity index (χ0) is 23.9.